The van der Waals surface area contributed by atoms with E-state index in [1.807, 2.05) is 0 Å². The fourth-order valence-electron chi connectivity index (χ4n) is 0.745. The molecular weight excluding hydrogens is 171 g/mol. The summed E-state index contributed by atoms with van der Waals surface area (Å²) in [4.78, 5) is 0. The van der Waals surface area contributed by atoms with Gasteiger partial charge in [-0.15, -0.1) is 0 Å². The van der Waals surface area contributed by atoms with Crippen molar-refractivity contribution in [1.29, 1.82) is 0 Å². The van der Waals surface area contributed by atoms with Crippen molar-refractivity contribution in [1.82, 2.24) is 0 Å². The molecule has 0 unspecified atom stereocenters. The molecule has 0 saturated carbocycles. The summed E-state index contributed by atoms with van der Waals surface area (Å²) in [7, 11) is 0. The molecule has 60 valence electrons. The summed E-state index contributed by atoms with van der Waals surface area (Å²) in [6.45, 7) is -0.472. The van der Waals surface area contributed by atoms with Gasteiger partial charge in [-0.25, -0.2) is 4.39 Å². The largest absolute Gasteiger partial charge is 0.508 e. The van der Waals surface area contributed by atoms with Gasteiger partial charge in [-0.05, 0) is 6.07 Å². The minimum absolute atomic E-state index is 0.00463. The molecule has 0 aromatic heterocycles. The van der Waals surface area contributed by atoms with Gasteiger partial charge in [0.15, 0.2) is 0 Å². The summed E-state index contributed by atoms with van der Waals surface area (Å²) in [6.07, 6.45) is 0. The van der Waals surface area contributed by atoms with Crippen LogP contribution in [0.25, 0.3) is 0 Å². The highest BCUT2D eigenvalue weighted by Gasteiger charge is 2.07. The van der Waals surface area contributed by atoms with Gasteiger partial charge in [0.2, 0.25) is 0 Å². The number of halogens is 2. The van der Waals surface area contributed by atoms with Crippen molar-refractivity contribution in [3.63, 3.8) is 0 Å². The van der Waals surface area contributed by atoms with Gasteiger partial charge in [0, 0.05) is 11.6 Å². The molecule has 0 saturated heterocycles. The van der Waals surface area contributed by atoms with Crippen LogP contribution in [0.15, 0.2) is 12.1 Å². The average molecular weight is 177 g/mol. The first-order chi connectivity index (χ1) is 5.15. The van der Waals surface area contributed by atoms with Crippen LogP contribution >= 0.6 is 11.6 Å². The number of aromatic hydroxyl groups is 1. The van der Waals surface area contributed by atoms with Crippen LogP contribution < -0.4 is 0 Å². The molecular formula is C7H6ClFO2. The molecule has 11 heavy (non-hydrogen) atoms. The normalized spacial score (nSPS) is 10.1. The first-order valence-electron chi connectivity index (χ1n) is 2.93. The predicted molar refractivity (Wildman–Crippen MR) is 39.0 cm³/mol. The van der Waals surface area contributed by atoms with Crippen LogP contribution in [0.1, 0.15) is 5.56 Å². The maximum absolute atomic E-state index is 12.8. The molecule has 0 amide bonds. The van der Waals surface area contributed by atoms with E-state index in [2.05, 4.69) is 0 Å². The summed E-state index contributed by atoms with van der Waals surface area (Å²) in [5.74, 6) is -0.840. The van der Waals surface area contributed by atoms with Crippen molar-refractivity contribution in [3.8, 4) is 5.75 Å². The lowest BCUT2D eigenvalue weighted by molar-refractivity contribution is 0.275. The Morgan fingerprint density at radius 3 is 2.64 bits per heavy atom. The van der Waals surface area contributed by atoms with Crippen LogP contribution in [0.3, 0.4) is 0 Å². The SMILES string of the molecule is OCc1cc(O)cc(Cl)c1F. The zero-order chi connectivity index (χ0) is 8.43. The Labute approximate surface area is 67.9 Å². The van der Waals surface area contributed by atoms with E-state index in [0.717, 1.165) is 12.1 Å². The zero-order valence-electron chi connectivity index (χ0n) is 5.51. The second-order valence-corrected chi connectivity index (χ2v) is 2.47. The van der Waals surface area contributed by atoms with E-state index >= 15 is 0 Å². The monoisotopic (exact) mass is 176 g/mol. The van der Waals surface area contributed by atoms with E-state index in [0.29, 0.717) is 0 Å². The minimum atomic E-state index is -0.688. The van der Waals surface area contributed by atoms with Gasteiger partial charge >= 0.3 is 0 Å². The Kier molecular flexibility index (Phi) is 2.31. The summed E-state index contributed by atoms with van der Waals surface area (Å²) in [6, 6.07) is 2.21. The van der Waals surface area contributed by atoms with Gasteiger partial charge in [0.1, 0.15) is 11.6 Å². The van der Waals surface area contributed by atoms with E-state index in [1.54, 1.807) is 0 Å². The van der Waals surface area contributed by atoms with Gasteiger partial charge in [-0.3, -0.25) is 0 Å². The second kappa shape index (κ2) is 3.07. The Morgan fingerprint density at radius 1 is 1.45 bits per heavy atom. The van der Waals surface area contributed by atoms with Gasteiger partial charge < -0.3 is 10.2 Å². The number of aliphatic hydroxyl groups is 1. The third kappa shape index (κ3) is 1.61. The third-order valence-corrected chi connectivity index (χ3v) is 1.53. The van der Waals surface area contributed by atoms with Crippen LogP contribution in [0, 0.1) is 5.82 Å². The number of aliphatic hydroxyl groups excluding tert-OH is 1. The predicted octanol–water partition coefficient (Wildman–Crippen LogP) is 1.68. The molecule has 0 heterocycles. The highest BCUT2D eigenvalue weighted by Crippen LogP contribution is 2.24. The van der Waals surface area contributed by atoms with Gasteiger partial charge in [0.05, 0.1) is 11.6 Å². The third-order valence-electron chi connectivity index (χ3n) is 1.26. The Bertz CT molecular complexity index is 275. The lowest BCUT2D eigenvalue weighted by atomic mass is 10.2. The molecule has 1 rings (SSSR count). The molecule has 0 atom stereocenters. The standard InChI is InChI=1S/C7H6ClFO2/c8-6-2-5(11)1-4(3-10)7(6)9/h1-2,10-11H,3H2. The van der Waals surface area contributed by atoms with Crippen LogP contribution in [0.4, 0.5) is 4.39 Å². The maximum atomic E-state index is 12.8. The first-order valence-corrected chi connectivity index (χ1v) is 3.30. The highest BCUT2D eigenvalue weighted by atomic mass is 35.5. The molecule has 2 nitrogen and oxygen atoms in total. The molecule has 2 N–H and O–H groups in total. The number of hydrogen-bond acceptors (Lipinski definition) is 2. The molecule has 4 heteroatoms. The van der Waals surface area contributed by atoms with Gasteiger partial charge in [0.25, 0.3) is 0 Å². The first kappa shape index (κ1) is 8.30. The highest BCUT2D eigenvalue weighted by molar-refractivity contribution is 6.30. The molecule has 0 aliphatic rings. The fourth-order valence-corrected chi connectivity index (χ4v) is 0.978. The number of rotatable bonds is 1. The summed E-state index contributed by atoms with van der Waals surface area (Å²) in [5.41, 5.74) is -0.00463. The van der Waals surface area contributed by atoms with Crippen molar-refractivity contribution in [2.24, 2.45) is 0 Å². The average Bonchev–Trinajstić information content (AvgIpc) is 1.96. The summed E-state index contributed by atoms with van der Waals surface area (Å²) in [5, 5.41) is 17.3. The number of hydrogen-bond donors (Lipinski definition) is 2. The molecule has 0 aliphatic carbocycles. The van der Waals surface area contributed by atoms with Crippen LogP contribution in [0.5, 0.6) is 5.75 Å². The van der Waals surface area contributed by atoms with Crippen LogP contribution in [0.2, 0.25) is 5.02 Å². The van der Waals surface area contributed by atoms with Gasteiger partial charge in [-0.1, -0.05) is 11.6 Å². The van der Waals surface area contributed by atoms with Crippen LogP contribution in [-0.2, 0) is 6.61 Å². The smallest absolute Gasteiger partial charge is 0.147 e. The molecule has 1 aromatic rings. The Hall–Kier alpha value is -0.800. The number of benzene rings is 1. The van der Waals surface area contributed by atoms with Crippen molar-refractivity contribution in [2.45, 2.75) is 6.61 Å². The summed E-state index contributed by atoms with van der Waals surface area (Å²) < 4.78 is 12.8. The van der Waals surface area contributed by atoms with E-state index < -0.39 is 12.4 Å². The van der Waals surface area contributed by atoms with E-state index in [4.69, 9.17) is 21.8 Å². The molecule has 0 fully saturated rings. The number of phenols is 1. The Balaban J connectivity index is 3.24. The minimum Gasteiger partial charge on any atom is -0.508 e. The maximum Gasteiger partial charge on any atom is 0.147 e. The summed E-state index contributed by atoms with van der Waals surface area (Å²) >= 11 is 5.35. The topological polar surface area (TPSA) is 40.5 Å². The van der Waals surface area contributed by atoms with E-state index in [1.165, 1.54) is 0 Å². The Morgan fingerprint density at radius 2 is 2.09 bits per heavy atom. The molecule has 0 bridgehead atoms. The number of phenolic OH excluding ortho intramolecular Hbond substituents is 1. The molecule has 0 aliphatic heterocycles. The lowest BCUT2D eigenvalue weighted by Gasteiger charge is -2.01. The van der Waals surface area contributed by atoms with Crippen molar-refractivity contribution >= 4 is 11.6 Å². The quantitative estimate of drug-likeness (QED) is 0.684. The van der Waals surface area contributed by atoms with Crippen molar-refractivity contribution in [3.05, 3.63) is 28.5 Å². The van der Waals surface area contributed by atoms with Gasteiger partial charge in [-0.2, -0.15) is 0 Å². The molecule has 0 spiro atoms. The molecule has 0 radical (unpaired) electrons. The zero-order valence-corrected chi connectivity index (χ0v) is 6.27. The van der Waals surface area contributed by atoms with Crippen molar-refractivity contribution in [2.75, 3.05) is 0 Å². The second-order valence-electron chi connectivity index (χ2n) is 2.06. The van der Waals surface area contributed by atoms with E-state index in [-0.39, 0.29) is 16.3 Å². The van der Waals surface area contributed by atoms with E-state index in [9.17, 15) is 4.39 Å². The van der Waals surface area contributed by atoms with Crippen LogP contribution in [-0.4, -0.2) is 10.2 Å². The fraction of sp³-hybridized carbons (Fsp3) is 0.143. The molecule has 1 aromatic carbocycles. The van der Waals surface area contributed by atoms with Crippen molar-refractivity contribution < 1.29 is 14.6 Å². The lowest BCUT2D eigenvalue weighted by Crippen LogP contribution is -1.89.